The molecular weight excluding hydrogens is 288 g/mol. The Bertz CT molecular complexity index is 663. The van der Waals surface area contributed by atoms with E-state index in [1.165, 1.54) is 11.1 Å². The molecule has 124 valence electrons. The van der Waals surface area contributed by atoms with Gasteiger partial charge in [0.1, 0.15) is 0 Å². The van der Waals surface area contributed by atoms with Gasteiger partial charge in [-0.25, -0.2) is 0 Å². The quantitative estimate of drug-likeness (QED) is 0.892. The first kappa shape index (κ1) is 16.3. The van der Waals surface area contributed by atoms with Gasteiger partial charge in [0.2, 0.25) is 0 Å². The first-order valence-corrected chi connectivity index (χ1v) is 8.49. The second-order valence-electron chi connectivity index (χ2n) is 7.72. The first-order valence-electron chi connectivity index (χ1n) is 8.49. The van der Waals surface area contributed by atoms with Gasteiger partial charge in [0.15, 0.2) is 0 Å². The topological polar surface area (TPSA) is 57.5 Å². The number of benzene rings is 1. The van der Waals surface area contributed by atoms with Gasteiger partial charge in [-0.1, -0.05) is 38.1 Å². The van der Waals surface area contributed by atoms with Gasteiger partial charge in [-0.05, 0) is 66.2 Å². The van der Waals surface area contributed by atoms with Gasteiger partial charge in [-0.15, -0.1) is 0 Å². The number of carbonyl (C=O) groups is 1. The molecule has 3 heteroatoms. The van der Waals surface area contributed by atoms with Crippen LogP contribution in [0.25, 0.3) is 5.57 Å². The number of fused-ring (bicyclic) bond motifs is 3. The van der Waals surface area contributed by atoms with E-state index in [0.29, 0.717) is 0 Å². The molecule has 0 heterocycles. The molecule has 3 atom stereocenters. The highest BCUT2D eigenvalue weighted by Crippen LogP contribution is 2.57. The molecule has 0 saturated heterocycles. The van der Waals surface area contributed by atoms with E-state index in [-0.39, 0.29) is 17.9 Å². The molecule has 2 N–H and O–H groups in total. The minimum atomic E-state index is -0.651. The molecule has 2 aliphatic rings. The standard InChI is InChI=1S/C20H26O3/c1-13(12-21)14-5-7-16-15(11-14)6-8-17-19(16,2)9-4-10-20(17,3)18(22)23/h5,7,11,17,21H,1,4,6,8-10,12H2,2-3H3,(H,22,23)/t17-,19-,20+/m1/s1. The molecule has 0 amide bonds. The number of hydrogen-bond donors (Lipinski definition) is 2. The van der Waals surface area contributed by atoms with E-state index in [1.807, 2.05) is 13.0 Å². The van der Waals surface area contributed by atoms with Crippen molar-refractivity contribution in [3.63, 3.8) is 0 Å². The van der Waals surface area contributed by atoms with Gasteiger partial charge in [0.25, 0.3) is 0 Å². The molecule has 3 nitrogen and oxygen atoms in total. The van der Waals surface area contributed by atoms with Crippen LogP contribution < -0.4 is 0 Å². The molecule has 0 aromatic heterocycles. The number of hydrogen-bond acceptors (Lipinski definition) is 2. The molecule has 23 heavy (non-hydrogen) atoms. The fourth-order valence-electron chi connectivity index (χ4n) is 5.06. The van der Waals surface area contributed by atoms with Crippen molar-refractivity contribution in [1.29, 1.82) is 0 Å². The van der Waals surface area contributed by atoms with Crippen LogP contribution in [-0.2, 0) is 16.6 Å². The Morgan fingerprint density at radius 3 is 2.74 bits per heavy atom. The van der Waals surface area contributed by atoms with Gasteiger partial charge in [0, 0.05) is 0 Å². The summed E-state index contributed by atoms with van der Waals surface area (Å²) in [5.41, 5.74) is 3.63. The molecule has 0 spiro atoms. The van der Waals surface area contributed by atoms with Crippen LogP contribution in [0.1, 0.15) is 56.2 Å². The Hall–Kier alpha value is -1.61. The number of aryl methyl sites for hydroxylation is 1. The number of aliphatic hydroxyl groups excluding tert-OH is 1. The van der Waals surface area contributed by atoms with Crippen LogP contribution in [0.2, 0.25) is 0 Å². The average molecular weight is 314 g/mol. The van der Waals surface area contributed by atoms with Gasteiger partial charge in [-0.2, -0.15) is 0 Å². The Morgan fingerprint density at radius 2 is 2.09 bits per heavy atom. The summed E-state index contributed by atoms with van der Waals surface area (Å²) in [6.07, 6.45) is 4.61. The van der Waals surface area contributed by atoms with Crippen LogP contribution in [0.4, 0.5) is 0 Å². The third-order valence-electron chi connectivity index (χ3n) is 6.44. The van der Waals surface area contributed by atoms with Crippen molar-refractivity contribution in [1.82, 2.24) is 0 Å². The Morgan fingerprint density at radius 1 is 1.35 bits per heavy atom. The molecule has 1 fully saturated rings. The van der Waals surface area contributed by atoms with Crippen LogP contribution in [0, 0.1) is 11.3 Å². The maximum atomic E-state index is 11.9. The Balaban J connectivity index is 2.06. The van der Waals surface area contributed by atoms with Crippen molar-refractivity contribution >= 4 is 11.5 Å². The molecule has 0 radical (unpaired) electrons. The number of rotatable bonds is 3. The summed E-state index contributed by atoms with van der Waals surface area (Å²) in [5.74, 6) is -0.470. The van der Waals surface area contributed by atoms with E-state index in [0.717, 1.165) is 43.2 Å². The zero-order chi connectivity index (χ0) is 16.8. The van der Waals surface area contributed by atoms with Crippen molar-refractivity contribution in [3.05, 3.63) is 41.5 Å². The number of aliphatic hydroxyl groups is 1. The second kappa shape index (κ2) is 5.48. The SMILES string of the molecule is C=C(CO)c1ccc2c(c1)CC[C@H]1[C@@](C)(C(=O)O)CCC[C@]21C. The molecule has 0 unspecified atom stereocenters. The summed E-state index contributed by atoms with van der Waals surface area (Å²) in [4.78, 5) is 11.9. The molecule has 0 bridgehead atoms. The van der Waals surface area contributed by atoms with Gasteiger partial charge >= 0.3 is 5.97 Å². The average Bonchev–Trinajstić information content (AvgIpc) is 2.53. The van der Waals surface area contributed by atoms with Crippen molar-refractivity contribution in [2.24, 2.45) is 11.3 Å². The first-order chi connectivity index (χ1) is 10.8. The smallest absolute Gasteiger partial charge is 0.309 e. The van der Waals surface area contributed by atoms with Crippen LogP contribution in [0.15, 0.2) is 24.8 Å². The van der Waals surface area contributed by atoms with E-state index in [2.05, 4.69) is 25.6 Å². The van der Waals surface area contributed by atoms with Gasteiger partial charge < -0.3 is 10.2 Å². The lowest BCUT2D eigenvalue weighted by molar-refractivity contribution is -0.157. The molecule has 2 aliphatic carbocycles. The Labute approximate surface area is 138 Å². The van der Waals surface area contributed by atoms with Crippen LogP contribution in [0.5, 0.6) is 0 Å². The van der Waals surface area contributed by atoms with Gasteiger partial charge in [-0.3, -0.25) is 4.79 Å². The lowest BCUT2D eigenvalue weighted by Crippen LogP contribution is -2.52. The van der Waals surface area contributed by atoms with Crippen LogP contribution >= 0.6 is 0 Å². The van der Waals surface area contributed by atoms with Crippen molar-refractivity contribution < 1.29 is 15.0 Å². The van der Waals surface area contributed by atoms with Gasteiger partial charge in [0.05, 0.1) is 12.0 Å². The second-order valence-corrected chi connectivity index (χ2v) is 7.72. The Kier molecular flexibility index (Phi) is 3.88. The zero-order valence-electron chi connectivity index (χ0n) is 14.1. The predicted molar refractivity (Wildman–Crippen MR) is 91.3 cm³/mol. The highest BCUT2D eigenvalue weighted by atomic mass is 16.4. The molecule has 0 aliphatic heterocycles. The summed E-state index contributed by atoms with van der Waals surface area (Å²) in [6, 6.07) is 6.31. The maximum Gasteiger partial charge on any atom is 0.309 e. The molecule has 1 aromatic carbocycles. The number of carboxylic acid groups (broad SMARTS) is 1. The van der Waals surface area contributed by atoms with E-state index in [1.54, 1.807) is 0 Å². The predicted octanol–water partition coefficient (Wildman–Crippen LogP) is 3.79. The summed E-state index contributed by atoms with van der Waals surface area (Å²) in [6.45, 7) is 8.06. The van der Waals surface area contributed by atoms with Crippen LogP contribution in [0.3, 0.4) is 0 Å². The fraction of sp³-hybridized carbons (Fsp3) is 0.550. The highest BCUT2D eigenvalue weighted by Gasteiger charge is 2.55. The van der Waals surface area contributed by atoms with Crippen molar-refractivity contribution in [3.8, 4) is 0 Å². The molecule has 1 saturated carbocycles. The number of aliphatic carboxylic acids is 1. The summed E-state index contributed by atoms with van der Waals surface area (Å²) in [7, 11) is 0. The minimum absolute atomic E-state index is 0.0320. The van der Waals surface area contributed by atoms with Crippen LogP contribution in [-0.4, -0.2) is 22.8 Å². The molecular formula is C20H26O3. The monoisotopic (exact) mass is 314 g/mol. The van der Waals surface area contributed by atoms with E-state index >= 15 is 0 Å². The molecule has 1 aromatic rings. The minimum Gasteiger partial charge on any atom is -0.481 e. The highest BCUT2D eigenvalue weighted by molar-refractivity contribution is 5.75. The normalized spacial score (nSPS) is 32.7. The van der Waals surface area contributed by atoms with E-state index in [9.17, 15) is 15.0 Å². The lowest BCUT2D eigenvalue weighted by atomic mass is 9.50. The third-order valence-corrected chi connectivity index (χ3v) is 6.44. The fourth-order valence-corrected chi connectivity index (χ4v) is 5.06. The summed E-state index contributed by atoms with van der Waals surface area (Å²) < 4.78 is 0. The number of carboxylic acids is 1. The lowest BCUT2D eigenvalue weighted by Gasteiger charge is -2.53. The summed E-state index contributed by atoms with van der Waals surface area (Å²) >= 11 is 0. The third kappa shape index (κ3) is 2.33. The molecule has 3 rings (SSSR count). The zero-order valence-corrected chi connectivity index (χ0v) is 14.1. The van der Waals surface area contributed by atoms with Crippen molar-refractivity contribution in [2.45, 2.75) is 51.4 Å². The maximum absolute atomic E-state index is 11.9. The summed E-state index contributed by atoms with van der Waals surface area (Å²) in [5, 5.41) is 19.1. The van der Waals surface area contributed by atoms with E-state index in [4.69, 9.17) is 0 Å². The van der Waals surface area contributed by atoms with E-state index < -0.39 is 11.4 Å². The largest absolute Gasteiger partial charge is 0.481 e. The van der Waals surface area contributed by atoms with Crippen molar-refractivity contribution in [2.75, 3.05) is 6.61 Å².